The van der Waals surface area contributed by atoms with Gasteiger partial charge >= 0.3 is 12.2 Å². The van der Waals surface area contributed by atoms with Crippen LogP contribution in [-0.2, 0) is 20.7 Å². The molecule has 3 heterocycles. The molecule has 2 fully saturated rings. The van der Waals surface area contributed by atoms with Crippen molar-refractivity contribution in [3.8, 4) is 0 Å². The number of nitrogens with zero attached hydrogens (tertiary/aromatic N) is 3. The first-order chi connectivity index (χ1) is 22.6. The average Bonchev–Trinajstić information content (AvgIpc) is 3.77. The molecule has 256 valence electrons. The van der Waals surface area contributed by atoms with Gasteiger partial charge in [-0.05, 0) is 103 Å². The number of imidazole rings is 1. The van der Waals surface area contributed by atoms with E-state index >= 15 is 0 Å². The summed E-state index contributed by atoms with van der Waals surface area (Å²) in [6.45, 7) is 11.7. The summed E-state index contributed by atoms with van der Waals surface area (Å²) < 4.78 is 11.1. The second-order valence-electron chi connectivity index (χ2n) is 14.5. The summed E-state index contributed by atoms with van der Waals surface area (Å²) in [4.78, 5) is 75.8. The first kappa shape index (κ1) is 34.6. The van der Waals surface area contributed by atoms with Gasteiger partial charge in [0.1, 0.15) is 17.0 Å². The summed E-state index contributed by atoms with van der Waals surface area (Å²) in [6, 6.07) is 11.0. The molecule has 0 spiro atoms. The van der Waals surface area contributed by atoms with Crippen LogP contribution < -0.4 is 5.32 Å². The second kappa shape index (κ2) is 13.8. The number of aromatic amines is 1. The molecule has 2 atom stereocenters. The van der Waals surface area contributed by atoms with E-state index in [-0.39, 0.29) is 36.7 Å². The molecule has 12 nitrogen and oxygen atoms in total. The van der Waals surface area contributed by atoms with Gasteiger partial charge in [0.05, 0.1) is 29.7 Å². The molecule has 3 aromatic rings. The van der Waals surface area contributed by atoms with E-state index in [4.69, 9.17) is 9.47 Å². The zero-order valence-corrected chi connectivity index (χ0v) is 28.6. The molecular weight excluding hydrogens is 614 g/mol. The normalized spacial score (nSPS) is 18.2. The predicted octanol–water partition coefficient (Wildman–Crippen LogP) is 5.76. The summed E-state index contributed by atoms with van der Waals surface area (Å²) in [7, 11) is 0. The zero-order valence-electron chi connectivity index (χ0n) is 28.6. The van der Waals surface area contributed by atoms with Gasteiger partial charge in [-0.1, -0.05) is 12.1 Å². The van der Waals surface area contributed by atoms with Gasteiger partial charge in [-0.3, -0.25) is 24.2 Å². The maximum Gasteiger partial charge on any atom is 0.410 e. The molecule has 0 bridgehead atoms. The molecule has 2 aliphatic heterocycles. The van der Waals surface area contributed by atoms with Crippen LogP contribution in [0.4, 0.5) is 9.59 Å². The van der Waals surface area contributed by atoms with Gasteiger partial charge in [0.2, 0.25) is 0 Å². The Hall–Kier alpha value is -4.74. The van der Waals surface area contributed by atoms with Crippen molar-refractivity contribution in [1.29, 1.82) is 0 Å². The van der Waals surface area contributed by atoms with Crippen LogP contribution in [0, 0.1) is 0 Å². The highest BCUT2D eigenvalue weighted by Crippen LogP contribution is 2.33. The van der Waals surface area contributed by atoms with Crippen molar-refractivity contribution < 1.29 is 33.4 Å². The number of likely N-dealkylation sites (tertiary alicyclic amines) is 2. The molecule has 5 rings (SSSR count). The number of hydrogen-bond acceptors (Lipinski definition) is 8. The van der Waals surface area contributed by atoms with Crippen LogP contribution >= 0.6 is 0 Å². The maximum atomic E-state index is 13.2. The molecular formula is C36H45N5O7. The molecule has 12 heteroatoms. The van der Waals surface area contributed by atoms with E-state index in [1.807, 2.05) is 20.8 Å². The Morgan fingerprint density at radius 3 is 2.23 bits per heavy atom. The van der Waals surface area contributed by atoms with E-state index in [0.717, 1.165) is 12.8 Å². The van der Waals surface area contributed by atoms with Crippen LogP contribution in [0.15, 0.2) is 42.5 Å². The number of ether oxygens (including phenoxy) is 2. The van der Waals surface area contributed by atoms with Crippen molar-refractivity contribution in [1.82, 2.24) is 25.1 Å². The molecule has 3 amide bonds. The minimum atomic E-state index is -0.659. The molecule has 2 N–H and O–H groups in total. The summed E-state index contributed by atoms with van der Waals surface area (Å²) in [5.74, 6) is -0.209. The summed E-state index contributed by atoms with van der Waals surface area (Å²) in [5, 5.41) is 2.68. The van der Waals surface area contributed by atoms with Crippen LogP contribution in [0.5, 0.6) is 0 Å². The van der Waals surface area contributed by atoms with Gasteiger partial charge in [-0.25, -0.2) is 14.6 Å². The van der Waals surface area contributed by atoms with Crippen LogP contribution in [0.2, 0.25) is 0 Å². The monoisotopic (exact) mass is 659 g/mol. The molecule has 0 saturated carbocycles. The van der Waals surface area contributed by atoms with Crippen molar-refractivity contribution in [3.63, 3.8) is 0 Å². The lowest BCUT2D eigenvalue weighted by Gasteiger charge is -2.28. The number of hydrogen-bond donors (Lipinski definition) is 2. The number of carbonyl (C=O) groups excluding carboxylic acids is 5. The third kappa shape index (κ3) is 8.39. The van der Waals surface area contributed by atoms with Crippen LogP contribution in [0.25, 0.3) is 11.0 Å². The van der Waals surface area contributed by atoms with E-state index in [0.29, 0.717) is 59.5 Å². The fourth-order valence-electron chi connectivity index (χ4n) is 6.10. The average molecular weight is 660 g/mol. The highest BCUT2D eigenvalue weighted by molar-refractivity contribution is 6.03. The fourth-order valence-corrected chi connectivity index (χ4v) is 6.10. The van der Waals surface area contributed by atoms with Crippen LogP contribution in [0.1, 0.15) is 105 Å². The third-order valence-corrected chi connectivity index (χ3v) is 8.25. The molecule has 2 aromatic carbocycles. The van der Waals surface area contributed by atoms with Gasteiger partial charge in [0.25, 0.3) is 5.91 Å². The van der Waals surface area contributed by atoms with E-state index in [9.17, 15) is 24.0 Å². The molecule has 48 heavy (non-hydrogen) atoms. The Balaban J connectivity index is 1.18. The lowest BCUT2D eigenvalue weighted by Crippen LogP contribution is -2.43. The number of amides is 3. The van der Waals surface area contributed by atoms with Gasteiger partial charge < -0.3 is 19.8 Å². The number of ketones is 2. The molecule has 0 aliphatic carbocycles. The maximum absolute atomic E-state index is 13.2. The number of nitrogens with one attached hydrogen (secondary N) is 2. The van der Waals surface area contributed by atoms with Gasteiger partial charge in [0, 0.05) is 30.6 Å². The first-order valence-corrected chi connectivity index (χ1v) is 16.5. The Bertz CT molecular complexity index is 1720. The summed E-state index contributed by atoms with van der Waals surface area (Å²) in [6.07, 6.45) is 2.04. The Morgan fingerprint density at radius 1 is 0.854 bits per heavy atom. The quantitative estimate of drug-likeness (QED) is 0.290. The fraction of sp³-hybridized carbons (Fsp3) is 0.500. The first-order valence-electron chi connectivity index (χ1n) is 16.5. The van der Waals surface area contributed by atoms with Gasteiger partial charge in [0.15, 0.2) is 11.6 Å². The van der Waals surface area contributed by atoms with E-state index in [1.54, 1.807) is 68.1 Å². The number of Topliss-reactive ketones (excluding diaryl/α,β-unsaturated/α-hetero) is 2. The van der Waals surface area contributed by atoms with Crippen molar-refractivity contribution in [2.24, 2.45) is 0 Å². The number of aromatic nitrogens is 2. The molecule has 2 saturated heterocycles. The molecule has 2 aliphatic rings. The van der Waals surface area contributed by atoms with E-state index in [2.05, 4.69) is 15.3 Å². The van der Waals surface area contributed by atoms with E-state index in [1.165, 1.54) is 4.90 Å². The number of benzene rings is 2. The minimum Gasteiger partial charge on any atom is -0.444 e. The number of carbonyl (C=O) groups is 5. The lowest BCUT2D eigenvalue weighted by atomic mass is 10.00. The van der Waals surface area contributed by atoms with Crippen molar-refractivity contribution in [3.05, 3.63) is 65.0 Å². The van der Waals surface area contributed by atoms with Gasteiger partial charge in [-0.15, -0.1) is 0 Å². The topological polar surface area (TPSA) is 151 Å². The summed E-state index contributed by atoms with van der Waals surface area (Å²) in [5.41, 5.74) is 1.42. The third-order valence-electron chi connectivity index (χ3n) is 8.25. The SMILES string of the molecule is CC(C)(C)OC(=O)N1CCC[C@H]1C(=O)Cc1cccc(C(=O)NCC(=O)c2ccc3nc([C@@H]4CCCN4C(=O)OC(C)(C)C)[nH]c3c2)c1. The number of fused-ring (bicyclic) bond motifs is 1. The minimum absolute atomic E-state index is 0.0621. The van der Waals surface area contributed by atoms with Crippen LogP contribution in [-0.4, -0.2) is 86.3 Å². The highest BCUT2D eigenvalue weighted by Gasteiger charge is 2.37. The smallest absolute Gasteiger partial charge is 0.410 e. The zero-order chi connectivity index (χ0) is 34.8. The van der Waals surface area contributed by atoms with Crippen molar-refractivity contribution >= 4 is 40.7 Å². The standard InChI is InChI=1S/C36H45N5O7/c1-35(2,3)47-33(45)40-16-8-12-27(40)29(42)19-22-10-7-11-24(18-22)32(44)37-21-30(43)23-14-15-25-26(20-23)39-31(38-25)28-13-9-17-41(28)34(46)48-36(4,5)6/h7,10-11,14-15,18,20,27-28H,8-9,12-13,16-17,19,21H2,1-6H3,(H,37,44)(H,38,39)/t27-,28-/m0/s1. The van der Waals surface area contributed by atoms with Crippen molar-refractivity contribution in [2.45, 2.75) is 96.9 Å². The van der Waals surface area contributed by atoms with E-state index < -0.39 is 29.2 Å². The van der Waals surface area contributed by atoms with Gasteiger partial charge in [-0.2, -0.15) is 0 Å². The predicted molar refractivity (Wildman–Crippen MR) is 179 cm³/mol. The van der Waals surface area contributed by atoms with Crippen LogP contribution in [0.3, 0.4) is 0 Å². The Morgan fingerprint density at radius 2 is 1.52 bits per heavy atom. The number of H-pyrrole nitrogens is 1. The second-order valence-corrected chi connectivity index (χ2v) is 14.5. The summed E-state index contributed by atoms with van der Waals surface area (Å²) >= 11 is 0. The lowest BCUT2D eigenvalue weighted by molar-refractivity contribution is -0.122. The molecule has 0 unspecified atom stereocenters. The Labute approximate surface area is 280 Å². The largest absolute Gasteiger partial charge is 0.444 e. The van der Waals surface area contributed by atoms with Crippen molar-refractivity contribution in [2.75, 3.05) is 19.6 Å². The Kier molecular flexibility index (Phi) is 9.93. The molecule has 1 aromatic heterocycles. The number of rotatable bonds is 8. The highest BCUT2D eigenvalue weighted by atomic mass is 16.6. The molecule has 0 radical (unpaired) electrons.